The predicted octanol–water partition coefficient (Wildman–Crippen LogP) is 4.84. The Morgan fingerprint density at radius 2 is 2.06 bits per heavy atom. The molecule has 0 amide bonds. The molecule has 0 radical (unpaired) electrons. The average molecular weight is 270 g/mol. The molecule has 2 bridgehead atoms. The lowest BCUT2D eigenvalue weighted by molar-refractivity contribution is 0.348. The van der Waals surface area contributed by atoms with Crippen molar-refractivity contribution in [3.63, 3.8) is 0 Å². The molecule has 3 heteroatoms. The van der Waals surface area contributed by atoms with Gasteiger partial charge in [0.25, 0.3) is 0 Å². The molecule has 2 fully saturated rings. The molecule has 3 atom stereocenters. The number of anilines is 1. The van der Waals surface area contributed by atoms with Gasteiger partial charge < -0.3 is 5.32 Å². The first kappa shape index (κ1) is 11.7. The molecule has 0 aliphatic heterocycles. The van der Waals surface area contributed by atoms with Crippen molar-refractivity contribution in [3.8, 4) is 0 Å². The number of fused-ring (bicyclic) bond motifs is 2. The maximum absolute atomic E-state index is 6.15. The summed E-state index contributed by atoms with van der Waals surface area (Å²) in [6.45, 7) is 1.06. The summed E-state index contributed by atoms with van der Waals surface area (Å²) in [5, 5.41) is 4.89. The molecule has 0 spiro atoms. The van der Waals surface area contributed by atoms with E-state index in [4.69, 9.17) is 23.2 Å². The highest BCUT2D eigenvalue weighted by Gasteiger charge is 2.39. The molecule has 0 heterocycles. The first-order valence-electron chi connectivity index (χ1n) is 6.41. The van der Waals surface area contributed by atoms with Crippen molar-refractivity contribution in [2.75, 3.05) is 11.9 Å². The third kappa shape index (κ3) is 2.41. The number of hydrogen-bond donors (Lipinski definition) is 1. The van der Waals surface area contributed by atoms with Crippen molar-refractivity contribution in [2.24, 2.45) is 17.8 Å². The van der Waals surface area contributed by atoms with Gasteiger partial charge in [-0.3, -0.25) is 0 Å². The summed E-state index contributed by atoms with van der Waals surface area (Å²) in [6.07, 6.45) is 5.76. The normalized spacial score (nSPS) is 30.8. The Labute approximate surface area is 112 Å². The lowest BCUT2D eigenvalue weighted by Gasteiger charge is -2.22. The van der Waals surface area contributed by atoms with E-state index >= 15 is 0 Å². The largest absolute Gasteiger partial charge is 0.384 e. The summed E-state index contributed by atoms with van der Waals surface area (Å²) < 4.78 is 0. The molecular formula is C14H17Cl2N. The monoisotopic (exact) mass is 269 g/mol. The van der Waals surface area contributed by atoms with Crippen LogP contribution in [0.5, 0.6) is 0 Å². The molecule has 3 rings (SSSR count). The highest BCUT2D eigenvalue weighted by molar-refractivity contribution is 6.36. The topological polar surface area (TPSA) is 12.0 Å². The molecule has 2 saturated carbocycles. The van der Waals surface area contributed by atoms with Crippen LogP contribution in [0.1, 0.15) is 25.7 Å². The van der Waals surface area contributed by atoms with Crippen LogP contribution in [0.25, 0.3) is 0 Å². The fourth-order valence-corrected chi connectivity index (χ4v) is 3.98. The summed E-state index contributed by atoms with van der Waals surface area (Å²) >= 11 is 12.0. The van der Waals surface area contributed by atoms with Gasteiger partial charge in [-0.15, -0.1) is 0 Å². The van der Waals surface area contributed by atoms with Crippen LogP contribution in [0.3, 0.4) is 0 Å². The Morgan fingerprint density at radius 1 is 1.18 bits per heavy atom. The van der Waals surface area contributed by atoms with Crippen LogP contribution in [-0.4, -0.2) is 6.54 Å². The highest BCUT2D eigenvalue weighted by Crippen LogP contribution is 2.48. The number of rotatable bonds is 3. The van der Waals surface area contributed by atoms with Crippen LogP contribution in [-0.2, 0) is 0 Å². The van der Waals surface area contributed by atoms with Crippen molar-refractivity contribution in [1.29, 1.82) is 0 Å². The summed E-state index contributed by atoms with van der Waals surface area (Å²) in [4.78, 5) is 0. The van der Waals surface area contributed by atoms with Gasteiger partial charge in [0, 0.05) is 11.6 Å². The Morgan fingerprint density at radius 3 is 2.71 bits per heavy atom. The van der Waals surface area contributed by atoms with E-state index in [-0.39, 0.29) is 0 Å². The van der Waals surface area contributed by atoms with E-state index in [1.165, 1.54) is 25.7 Å². The smallest absolute Gasteiger partial charge is 0.0652 e. The van der Waals surface area contributed by atoms with Gasteiger partial charge in [0.05, 0.1) is 10.7 Å². The lowest BCUT2D eigenvalue weighted by atomic mass is 9.89. The minimum Gasteiger partial charge on any atom is -0.384 e. The zero-order chi connectivity index (χ0) is 11.8. The average Bonchev–Trinajstić information content (AvgIpc) is 2.89. The third-order valence-corrected chi connectivity index (χ3v) is 4.92. The molecule has 1 aromatic rings. The van der Waals surface area contributed by atoms with E-state index in [0.29, 0.717) is 5.02 Å². The van der Waals surface area contributed by atoms with Gasteiger partial charge in [-0.2, -0.15) is 0 Å². The zero-order valence-electron chi connectivity index (χ0n) is 9.76. The standard InChI is InChI=1S/C14H17Cl2N/c15-12-3-4-14(13(16)7-12)17-8-11-6-9-1-2-10(11)5-9/h3-4,7,9-11,17H,1-2,5-6,8H2. The SMILES string of the molecule is Clc1ccc(NCC2CC3CCC2C3)c(Cl)c1. The van der Waals surface area contributed by atoms with Gasteiger partial charge >= 0.3 is 0 Å². The van der Waals surface area contributed by atoms with Crippen molar-refractivity contribution in [3.05, 3.63) is 28.2 Å². The van der Waals surface area contributed by atoms with Crippen molar-refractivity contribution in [2.45, 2.75) is 25.7 Å². The molecule has 1 N–H and O–H groups in total. The van der Waals surface area contributed by atoms with Crippen molar-refractivity contribution >= 4 is 28.9 Å². The Balaban J connectivity index is 1.60. The third-order valence-electron chi connectivity index (χ3n) is 4.37. The zero-order valence-corrected chi connectivity index (χ0v) is 11.3. The van der Waals surface area contributed by atoms with E-state index < -0.39 is 0 Å². The molecule has 2 aliphatic carbocycles. The minimum absolute atomic E-state index is 0.695. The number of halogens is 2. The van der Waals surface area contributed by atoms with E-state index in [2.05, 4.69) is 5.32 Å². The lowest BCUT2D eigenvalue weighted by Crippen LogP contribution is -2.20. The number of nitrogens with one attached hydrogen (secondary N) is 1. The van der Waals surface area contributed by atoms with Crippen LogP contribution < -0.4 is 5.32 Å². The Bertz CT molecular complexity index is 419. The van der Waals surface area contributed by atoms with E-state index in [1.807, 2.05) is 12.1 Å². The maximum Gasteiger partial charge on any atom is 0.0652 e. The van der Waals surface area contributed by atoms with Gasteiger partial charge in [-0.05, 0) is 55.2 Å². The van der Waals surface area contributed by atoms with Gasteiger partial charge in [-0.1, -0.05) is 29.6 Å². The van der Waals surface area contributed by atoms with Crippen molar-refractivity contribution in [1.82, 2.24) is 0 Å². The molecule has 3 unspecified atom stereocenters. The molecule has 1 aromatic carbocycles. The summed E-state index contributed by atoms with van der Waals surface area (Å²) in [5.74, 6) is 2.81. The van der Waals surface area contributed by atoms with Crippen LogP contribution in [0.2, 0.25) is 10.0 Å². The molecule has 2 aliphatic rings. The van der Waals surface area contributed by atoms with Crippen LogP contribution in [0.15, 0.2) is 18.2 Å². The second-order valence-electron chi connectivity index (χ2n) is 5.44. The first-order chi connectivity index (χ1) is 8.22. The first-order valence-corrected chi connectivity index (χ1v) is 7.17. The second-order valence-corrected chi connectivity index (χ2v) is 6.28. The van der Waals surface area contributed by atoms with E-state index in [0.717, 1.165) is 35.0 Å². The molecule has 92 valence electrons. The molecule has 0 aromatic heterocycles. The fourth-order valence-electron chi connectivity index (χ4n) is 3.50. The van der Waals surface area contributed by atoms with Crippen LogP contribution in [0.4, 0.5) is 5.69 Å². The molecule has 1 nitrogen and oxygen atoms in total. The summed E-state index contributed by atoms with van der Waals surface area (Å²) in [5.41, 5.74) is 1.01. The number of hydrogen-bond acceptors (Lipinski definition) is 1. The fraction of sp³-hybridized carbons (Fsp3) is 0.571. The van der Waals surface area contributed by atoms with E-state index in [1.54, 1.807) is 6.07 Å². The minimum atomic E-state index is 0.695. The van der Waals surface area contributed by atoms with Crippen LogP contribution >= 0.6 is 23.2 Å². The Hall–Kier alpha value is -0.400. The second kappa shape index (κ2) is 4.70. The van der Waals surface area contributed by atoms with Gasteiger partial charge in [0.2, 0.25) is 0 Å². The quantitative estimate of drug-likeness (QED) is 0.828. The van der Waals surface area contributed by atoms with Gasteiger partial charge in [0.15, 0.2) is 0 Å². The van der Waals surface area contributed by atoms with Crippen LogP contribution in [0, 0.1) is 17.8 Å². The van der Waals surface area contributed by atoms with E-state index in [9.17, 15) is 0 Å². The molecule has 17 heavy (non-hydrogen) atoms. The number of benzene rings is 1. The molecular weight excluding hydrogens is 253 g/mol. The Kier molecular flexibility index (Phi) is 3.23. The highest BCUT2D eigenvalue weighted by atomic mass is 35.5. The van der Waals surface area contributed by atoms with Gasteiger partial charge in [-0.25, -0.2) is 0 Å². The molecule has 0 saturated heterocycles. The summed E-state index contributed by atoms with van der Waals surface area (Å²) in [6, 6.07) is 5.65. The summed E-state index contributed by atoms with van der Waals surface area (Å²) in [7, 11) is 0. The maximum atomic E-state index is 6.15. The van der Waals surface area contributed by atoms with Gasteiger partial charge in [0.1, 0.15) is 0 Å². The van der Waals surface area contributed by atoms with Crippen molar-refractivity contribution < 1.29 is 0 Å². The predicted molar refractivity (Wildman–Crippen MR) is 73.9 cm³/mol.